The minimum Gasteiger partial charge on any atom is -0.465 e. The van der Waals surface area contributed by atoms with Crippen LogP contribution in [0.25, 0.3) is 0 Å². The maximum absolute atomic E-state index is 12.1. The summed E-state index contributed by atoms with van der Waals surface area (Å²) in [6.45, 7) is 7.49. The van der Waals surface area contributed by atoms with Gasteiger partial charge < -0.3 is 15.8 Å². The minimum atomic E-state index is -0.528. The number of nitrogen functional groups attached to an aromatic ring is 1. The number of hydrogen-bond acceptors (Lipinski definition) is 6. The molecule has 19 heavy (non-hydrogen) atoms. The fourth-order valence-electron chi connectivity index (χ4n) is 1.56. The molecule has 6 heteroatoms. The zero-order chi connectivity index (χ0) is 14.7. The van der Waals surface area contributed by atoms with Crippen LogP contribution in [0.3, 0.4) is 0 Å². The average Bonchev–Trinajstić information content (AvgIpc) is 2.63. The zero-order valence-electron chi connectivity index (χ0n) is 11.9. The van der Waals surface area contributed by atoms with Crippen LogP contribution >= 0.6 is 11.3 Å². The van der Waals surface area contributed by atoms with Gasteiger partial charge in [-0.15, -0.1) is 11.3 Å². The molecule has 0 unspecified atom stereocenters. The smallest absolute Gasteiger partial charge is 0.343 e. The molecule has 0 saturated heterocycles. The summed E-state index contributed by atoms with van der Waals surface area (Å²) in [5, 5.41) is 3.72. The van der Waals surface area contributed by atoms with Gasteiger partial charge in [-0.25, -0.2) is 4.79 Å². The topological polar surface area (TPSA) is 81.4 Å². The van der Waals surface area contributed by atoms with Crippen molar-refractivity contribution in [3.05, 3.63) is 10.4 Å². The van der Waals surface area contributed by atoms with Crippen LogP contribution in [-0.4, -0.2) is 24.9 Å². The number of nitrogens with two attached hydrogens (primary N) is 1. The van der Waals surface area contributed by atoms with Gasteiger partial charge in [-0.3, -0.25) is 4.79 Å². The van der Waals surface area contributed by atoms with E-state index in [0.717, 1.165) is 0 Å². The van der Waals surface area contributed by atoms with Crippen LogP contribution < -0.4 is 11.1 Å². The Morgan fingerprint density at radius 3 is 2.26 bits per heavy atom. The van der Waals surface area contributed by atoms with E-state index in [4.69, 9.17) is 10.5 Å². The lowest BCUT2D eigenvalue weighted by molar-refractivity contribution is 0.0603. The second-order valence-corrected chi connectivity index (χ2v) is 5.88. The number of anilines is 2. The Morgan fingerprint density at radius 2 is 1.84 bits per heavy atom. The van der Waals surface area contributed by atoms with E-state index in [-0.39, 0.29) is 29.0 Å². The van der Waals surface area contributed by atoms with Gasteiger partial charge >= 0.3 is 5.97 Å². The molecule has 0 aliphatic rings. The molecule has 1 aromatic rings. The summed E-state index contributed by atoms with van der Waals surface area (Å²) in [5.74, 6) is -0.762. The standard InChI is InChI=1S/C13H20N2O3S/c1-6(2)10(16)11-9(14)8(13(17)18-5)12(19-11)15-7(3)4/h6-7,15H,14H2,1-5H3. The molecule has 0 amide bonds. The monoisotopic (exact) mass is 284 g/mol. The molecule has 0 radical (unpaired) electrons. The molecule has 0 bridgehead atoms. The molecule has 1 heterocycles. The molecule has 3 N–H and O–H groups in total. The average molecular weight is 284 g/mol. The fourth-order valence-corrected chi connectivity index (χ4v) is 2.90. The number of hydrogen-bond donors (Lipinski definition) is 2. The summed E-state index contributed by atoms with van der Waals surface area (Å²) in [6, 6.07) is 0.128. The van der Waals surface area contributed by atoms with Crippen molar-refractivity contribution in [3.8, 4) is 0 Å². The van der Waals surface area contributed by atoms with Gasteiger partial charge in [-0.05, 0) is 13.8 Å². The maximum atomic E-state index is 12.1. The lowest BCUT2D eigenvalue weighted by Crippen LogP contribution is -2.13. The van der Waals surface area contributed by atoms with Crippen LogP contribution in [0, 0.1) is 5.92 Å². The number of carbonyl (C=O) groups excluding carboxylic acids is 2. The van der Waals surface area contributed by atoms with Gasteiger partial charge in [-0.1, -0.05) is 13.8 Å². The normalized spacial score (nSPS) is 10.9. The summed E-state index contributed by atoms with van der Waals surface area (Å²) in [7, 11) is 1.29. The van der Waals surface area contributed by atoms with Crippen molar-refractivity contribution in [2.24, 2.45) is 5.92 Å². The van der Waals surface area contributed by atoms with Gasteiger partial charge in [0.2, 0.25) is 0 Å². The first-order valence-electron chi connectivity index (χ1n) is 6.10. The first-order chi connectivity index (χ1) is 8.79. The highest BCUT2D eigenvalue weighted by atomic mass is 32.1. The highest BCUT2D eigenvalue weighted by Gasteiger charge is 2.27. The predicted octanol–water partition coefficient (Wildman–Crippen LogP) is 2.78. The van der Waals surface area contributed by atoms with Crippen LogP contribution in [0.2, 0.25) is 0 Å². The molecule has 0 saturated carbocycles. The number of rotatable bonds is 5. The van der Waals surface area contributed by atoms with Crippen molar-refractivity contribution in [1.29, 1.82) is 0 Å². The molecule has 0 aliphatic heterocycles. The van der Waals surface area contributed by atoms with Crippen molar-refractivity contribution in [1.82, 2.24) is 0 Å². The molecule has 0 aromatic carbocycles. The third-order valence-corrected chi connectivity index (χ3v) is 3.65. The Hall–Kier alpha value is -1.56. The fraction of sp³-hybridized carbons (Fsp3) is 0.538. The van der Waals surface area contributed by atoms with E-state index in [1.807, 2.05) is 13.8 Å². The van der Waals surface area contributed by atoms with E-state index < -0.39 is 5.97 Å². The van der Waals surface area contributed by atoms with Crippen LogP contribution in [0.5, 0.6) is 0 Å². The van der Waals surface area contributed by atoms with E-state index in [9.17, 15) is 9.59 Å². The Kier molecular flexibility index (Phi) is 4.94. The van der Waals surface area contributed by atoms with E-state index in [1.165, 1.54) is 18.4 Å². The van der Waals surface area contributed by atoms with Crippen molar-refractivity contribution >= 4 is 33.8 Å². The highest BCUT2D eigenvalue weighted by Crippen LogP contribution is 2.37. The van der Waals surface area contributed by atoms with Crippen molar-refractivity contribution in [2.45, 2.75) is 33.7 Å². The van der Waals surface area contributed by atoms with Gasteiger partial charge in [-0.2, -0.15) is 0 Å². The molecule has 5 nitrogen and oxygen atoms in total. The van der Waals surface area contributed by atoms with Crippen LogP contribution in [0.1, 0.15) is 47.7 Å². The molecule has 106 valence electrons. The predicted molar refractivity (Wildman–Crippen MR) is 78.0 cm³/mol. The van der Waals surface area contributed by atoms with Crippen LogP contribution in [0.4, 0.5) is 10.7 Å². The number of thiophene rings is 1. The molecule has 0 fully saturated rings. The number of ether oxygens (including phenoxy) is 1. The van der Waals surface area contributed by atoms with Gasteiger partial charge in [0.25, 0.3) is 0 Å². The van der Waals surface area contributed by atoms with Crippen LogP contribution in [-0.2, 0) is 4.74 Å². The molecule has 1 aromatic heterocycles. The van der Waals surface area contributed by atoms with E-state index in [0.29, 0.717) is 9.88 Å². The second kappa shape index (κ2) is 6.06. The maximum Gasteiger partial charge on any atom is 0.343 e. The number of esters is 1. The minimum absolute atomic E-state index is 0.0653. The van der Waals surface area contributed by atoms with Crippen molar-refractivity contribution < 1.29 is 14.3 Å². The molecular weight excluding hydrogens is 264 g/mol. The Morgan fingerprint density at radius 1 is 1.26 bits per heavy atom. The third kappa shape index (κ3) is 3.26. The van der Waals surface area contributed by atoms with E-state index >= 15 is 0 Å². The second-order valence-electron chi connectivity index (χ2n) is 4.86. The molecule has 0 aliphatic carbocycles. The third-order valence-electron chi connectivity index (χ3n) is 2.50. The first kappa shape index (κ1) is 15.5. The van der Waals surface area contributed by atoms with Gasteiger partial charge in [0.1, 0.15) is 10.6 Å². The molecule has 0 spiro atoms. The lowest BCUT2D eigenvalue weighted by Gasteiger charge is -2.09. The summed E-state index contributed by atoms with van der Waals surface area (Å²) in [4.78, 5) is 24.3. The number of nitrogens with one attached hydrogen (secondary N) is 1. The summed E-state index contributed by atoms with van der Waals surface area (Å²) >= 11 is 1.21. The number of carbonyl (C=O) groups is 2. The van der Waals surface area contributed by atoms with Crippen molar-refractivity contribution in [2.75, 3.05) is 18.2 Å². The summed E-state index contributed by atoms with van der Waals surface area (Å²) in [5.41, 5.74) is 6.41. The van der Waals surface area contributed by atoms with Crippen LogP contribution in [0.15, 0.2) is 0 Å². The summed E-state index contributed by atoms with van der Waals surface area (Å²) in [6.07, 6.45) is 0. The Bertz CT molecular complexity index is 492. The lowest BCUT2D eigenvalue weighted by atomic mass is 10.1. The first-order valence-corrected chi connectivity index (χ1v) is 6.92. The molecule has 1 rings (SSSR count). The largest absolute Gasteiger partial charge is 0.465 e. The quantitative estimate of drug-likeness (QED) is 0.642. The number of Topliss-reactive ketones (excluding diaryl/α,β-unsaturated/α-hetero) is 1. The number of ketones is 1. The molecular formula is C13H20N2O3S. The van der Waals surface area contributed by atoms with Crippen molar-refractivity contribution in [3.63, 3.8) is 0 Å². The zero-order valence-corrected chi connectivity index (χ0v) is 12.7. The van der Waals surface area contributed by atoms with Gasteiger partial charge in [0.05, 0.1) is 17.7 Å². The number of methoxy groups -OCH3 is 1. The molecule has 0 atom stereocenters. The van der Waals surface area contributed by atoms with E-state index in [2.05, 4.69) is 5.32 Å². The van der Waals surface area contributed by atoms with E-state index in [1.54, 1.807) is 13.8 Å². The van der Waals surface area contributed by atoms with Gasteiger partial charge in [0, 0.05) is 12.0 Å². The SMILES string of the molecule is COC(=O)c1c(NC(C)C)sc(C(=O)C(C)C)c1N. The summed E-state index contributed by atoms with van der Waals surface area (Å²) < 4.78 is 4.73. The highest BCUT2D eigenvalue weighted by molar-refractivity contribution is 7.19. The van der Waals surface area contributed by atoms with Gasteiger partial charge in [0.15, 0.2) is 5.78 Å². The Labute approximate surface area is 117 Å². The Balaban J connectivity index is 3.34.